The first kappa shape index (κ1) is 12.6. The molecule has 0 aliphatic heterocycles. The Labute approximate surface area is 119 Å². The van der Waals surface area contributed by atoms with Crippen molar-refractivity contribution in [3.8, 4) is 0 Å². The van der Waals surface area contributed by atoms with Crippen LogP contribution in [-0.4, -0.2) is 20.4 Å². The van der Waals surface area contributed by atoms with E-state index < -0.39 is 0 Å². The molecule has 1 amide bonds. The van der Waals surface area contributed by atoms with Crippen LogP contribution in [0.1, 0.15) is 5.82 Å². The highest BCUT2D eigenvalue weighted by Gasteiger charge is 2.13. The van der Waals surface area contributed by atoms with Gasteiger partial charge in [0.05, 0.1) is 11.2 Å². The van der Waals surface area contributed by atoms with Crippen LogP contribution in [0.5, 0.6) is 0 Å². The zero-order valence-corrected chi connectivity index (χ0v) is 11.6. The number of nitrogens with zero attached hydrogens (tertiary/aromatic N) is 3. The summed E-state index contributed by atoms with van der Waals surface area (Å²) in [7, 11) is 0. The topological polar surface area (TPSA) is 85.8 Å². The molecule has 0 atom stereocenters. The number of nitrogens with one attached hydrogen (secondary N) is 1. The Morgan fingerprint density at radius 2 is 2.35 bits per heavy atom. The van der Waals surface area contributed by atoms with Crippen LogP contribution in [-0.2, 0) is 11.3 Å². The number of rotatable bonds is 3. The second-order valence-electron chi connectivity index (χ2n) is 4.35. The van der Waals surface area contributed by atoms with Crippen molar-refractivity contribution in [1.82, 2.24) is 14.5 Å². The summed E-state index contributed by atoms with van der Waals surface area (Å²) in [6, 6.07) is 5.56. The molecule has 0 saturated heterocycles. The van der Waals surface area contributed by atoms with Crippen molar-refractivity contribution in [3.63, 3.8) is 0 Å². The molecule has 0 spiro atoms. The SMILES string of the molecule is Cc1nc2c(N)cccc2n1CC(=O)Nc1nccs1. The smallest absolute Gasteiger partial charge is 0.246 e. The van der Waals surface area contributed by atoms with Crippen molar-refractivity contribution in [3.05, 3.63) is 35.6 Å². The van der Waals surface area contributed by atoms with Gasteiger partial charge in [-0.15, -0.1) is 11.3 Å². The lowest BCUT2D eigenvalue weighted by molar-refractivity contribution is -0.116. The van der Waals surface area contributed by atoms with Gasteiger partial charge in [0.2, 0.25) is 5.91 Å². The fourth-order valence-electron chi connectivity index (χ4n) is 2.07. The predicted molar refractivity (Wildman–Crippen MR) is 79.6 cm³/mol. The molecule has 0 radical (unpaired) electrons. The summed E-state index contributed by atoms with van der Waals surface area (Å²) in [5, 5.41) is 5.16. The van der Waals surface area contributed by atoms with Crippen molar-refractivity contribution in [2.75, 3.05) is 11.1 Å². The molecular formula is C13H13N5OS. The minimum Gasteiger partial charge on any atom is -0.397 e. The quantitative estimate of drug-likeness (QED) is 0.722. The number of imidazole rings is 1. The van der Waals surface area contributed by atoms with Gasteiger partial charge in [-0.1, -0.05) is 6.07 Å². The second-order valence-corrected chi connectivity index (χ2v) is 5.24. The lowest BCUT2D eigenvalue weighted by Crippen LogP contribution is -2.19. The van der Waals surface area contributed by atoms with Crippen molar-refractivity contribution in [2.45, 2.75) is 13.5 Å². The number of anilines is 2. The standard InChI is InChI=1S/C13H13N5OS/c1-8-16-12-9(14)3-2-4-10(12)18(8)7-11(19)17-13-15-5-6-20-13/h2-6H,7,14H2,1H3,(H,15,17,19). The van der Waals surface area contributed by atoms with E-state index in [9.17, 15) is 4.79 Å². The zero-order valence-electron chi connectivity index (χ0n) is 10.8. The van der Waals surface area contributed by atoms with Crippen molar-refractivity contribution < 1.29 is 4.79 Å². The van der Waals surface area contributed by atoms with E-state index in [4.69, 9.17) is 5.73 Å². The summed E-state index contributed by atoms with van der Waals surface area (Å²) in [5.74, 6) is 0.622. The molecule has 1 aromatic carbocycles. The van der Waals surface area contributed by atoms with Gasteiger partial charge in [-0.05, 0) is 19.1 Å². The first-order valence-electron chi connectivity index (χ1n) is 6.06. The third-order valence-electron chi connectivity index (χ3n) is 2.98. The Hall–Kier alpha value is -2.41. The number of carbonyl (C=O) groups excluding carboxylic acids is 1. The summed E-state index contributed by atoms with van der Waals surface area (Å²) < 4.78 is 1.84. The minimum absolute atomic E-state index is 0.134. The number of hydrogen-bond donors (Lipinski definition) is 2. The lowest BCUT2D eigenvalue weighted by atomic mass is 10.3. The molecule has 0 bridgehead atoms. The summed E-state index contributed by atoms with van der Waals surface area (Å²) in [4.78, 5) is 20.5. The Morgan fingerprint density at radius 1 is 1.50 bits per heavy atom. The van der Waals surface area contributed by atoms with Crippen molar-refractivity contribution in [1.29, 1.82) is 0 Å². The zero-order chi connectivity index (χ0) is 14.1. The predicted octanol–water partition coefficient (Wildman–Crippen LogP) is 2.02. The maximum absolute atomic E-state index is 12.0. The van der Waals surface area contributed by atoms with Crippen LogP contribution < -0.4 is 11.1 Å². The maximum Gasteiger partial charge on any atom is 0.246 e. The number of hydrogen-bond acceptors (Lipinski definition) is 5. The molecule has 2 aromatic heterocycles. The van der Waals surface area contributed by atoms with Gasteiger partial charge in [0.15, 0.2) is 5.13 Å². The number of benzene rings is 1. The molecule has 6 nitrogen and oxygen atoms in total. The average molecular weight is 287 g/mol. The largest absolute Gasteiger partial charge is 0.397 e. The highest BCUT2D eigenvalue weighted by Crippen LogP contribution is 2.21. The maximum atomic E-state index is 12.0. The van der Waals surface area contributed by atoms with Gasteiger partial charge in [-0.25, -0.2) is 9.97 Å². The molecule has 102 valence electrons. The fourth-order valence-corrected chi connectivity index (χ4v) is 2.62. The Morgan fingerprint density at radius 3 is 3.10 bits per heavy atom. The molecule has 0 unspecified atom stereocenters. The average Bonchev–Trinajstić information content (AvgIpc) is 3.01. The highest BCUT2D eigenvalue weighted by molar-refractivity contribution is 7.13. The van der Waals surface area contributed by atoms with Crippen molar-refractivity contribution in [2.24, 2.45) is 0 Å². The Balaban J connectivity index is 1.89. The summed E-state index contributed by atoms with van der Waals surface area (Å²) >= 11 is 1.39. The number of nitrogens with two attached hydrogens (primary N) is 1. The molecule has 3 aromatic rings. The summed E-state index contributed by atoms with van der Waals surface area (Å²) in [6.07, 6.45) is 1.65. The molecule has 0 saturated carbocycles. The van der Waals surface area contributed by atoms with Crippen LogP contribution in [0.25, 0.3) is 11.0 Å². The van der Waals surface area contributed by atoms with Gasteiger partial charge in [0.25, 0.3) is 0 Å². The van der Waals surface area contributed by atoms with Crippen LogP contribution in [0.4, 0.5) is 10.8 Å². The van der Waals surface area contributed by atoms with E-state index in [-0.39, 0.29) is 12.5 Å². The molecular weight excluding hydrogens is 274 g/mol. The number of thiazole rings is 1. The Kier molecular flexibility index (Phi) is 3.11. The number of carbonyl (C=O) groups is 1. The van der Waals surface area contributed by atoms with Gasteiger partial charge in [-0.2, -0.15) is 0 Å². The highest BCUT2D eigenvalue weighted by atomic mass is 32.1. The van der Waals surface area contributed by atoms with E-state index in [2.05, 4.69) is 15.3 Å². The lowest BCUT2D eigenvalue weighted by Gasteiger charge is -2.06. The number of aromatic nitrogens is 3. The molecule has 3 rings (SSSR count). The number of aryl methyl sites for hydroxylation is 1. The molecule has 20 heavy (non-hydrogen) atoms. The van der Waals surface area contributed by atoms with Gasteiger partial charge in [-0.3, -0.25) is 4.79 Å². The van der Waals surface area contributed by atoms with E-state index >= 15 is 0 Å². The van der Waals surface area contributed by atoms with Crippen LogP contribution in [0.15, 0.2) is 29.8 Å². The van der Waals surface area contributed by atoms with Crippen LogP contribution in [0.2, 0.25) is 0 Å². The minimum atomic E-state index is -0.134. The first-order valence-corrected chi connectivity index (χ1v) is 6.94. The third-order valence-corrected chi connectivity index (χ3v) is 3.67. The molecule has 3 N–H and O–H groups in total. The van der Waals surface area contributed by atoms with Crippen LogP contribution >= 0.6 is 11.3 Å². The third kappa shape index (κ3) is 2.23. The van der Waals surface area contributed by atoms with Gasteiger partial charge >= 0.3 is 0 Å². The molecule has 2 heterocycles. The van der Waals surface area contributed by atoms with Gasteiger partial charge < -0.3 is 15.6 Å². The molecule has 0 aliphatic rings. The van der Waals surface area contributed by atoms with Gasteiger partial charge in [0.1, 0.15) is 17.9 Å². The van der Waals surface area contributed by atoms with E-state index in [0.29, 0.717) is 10.8 Å². The monoisotopic (exact) mass is 287 g/mol. The molecule has 0 aliphatic carbocycles. The summed E-state index contributed by atoms with van der Waals surface area (Å²) in [6.45, 7) is 2.04. The second kappa shape index (κ2) is 4.93. The van der Waals surface area contributed by atoms with E-state index in [0.717, 1.165) is 16.9 Å². The molecule has 0 fully saturated rings. The van der Waals surface area contributed by atoms with E-state index in [1.807, 2.05) is 29.0 Å². The van der Waals surface area contributed by atoms with E-state index in [1.54, 1.807) is 12.3 Å². The van der Waals surface area contributed by atoms with Crippen LogP contribution in [0, 0.1) is 6.92 Å². The molecule has 7 heteroatoms. The first-order chi connectivity index (χ1) is 9.65. The van der Waals surface area contributed by atoms with E-state index in [1.165, 1.54) is 11.3 Å². The fraction of sp³-hybridized carbons (Fsp3) is 0.154. The van der Waals surface area contributed by atoms with Gasteiger partial charge in [0, 0.05) is 11.6 Å². The number of nitrogen functional groups attached to an aromatic ring is 1. The van der Waals surface area contributed by atoms with Crippen molar-refractivity contribution >= 4 is 39.1 Å². The van der Waals surface area contributed by atoms with Crippen LogP contribution in [0.3, 0.4) is 0 Å². The Bertz CT molecular complexity index is 763. The number of para-hydroxylation sites is 1. The summed E-state index contributed by atoms with van der Waals surface area (Å²) in [5.41, 5.74) is 8.10. The number of amides is 1. The normalized spacial score (nSPS) is 10.8. The number of fused-ring (bicyclic) bond motifs is 1.